The van der Waals surface area contributed by atoms with Crippen LogP contribution in [0.15, 0.2) is 77.4 Å². The summed E-state index contributed by atoms with van der Waals surface area (Å²) in [5.74, 6) is 0.0532. The minimum atomic E-state index is -0.472. The summed E-state index contributed by atoms with van der Waals surface area (Å²) in [5.41, 5.74) is 4.11. The molecule has 1 aliphatic rings. The van der Waals surface area contributed by atoms with Crippen LogP contribution >= 0.6 is 22.6 Å². The molecule has 3 aromatic carbocycles. The average Bonchev–Trinajstić information content (AvgIpc) is 3.09. The van der Waals surface area contributed by atoms with Crippen molar-refractivity contribution in [3.05, 3.63) is 92.6 Å². The van der Waals surface area contributed by atoms with Crippen molar-refractivity contribution in [1.29, 1.82) is 0 Å². The Balaban J connectivity index is 1.63. The number of esters is 1. The predicted molar refractivity (Wildman–Crippen MR) is 137 cm³/mol. The summed E-state index contributed by atoms with van der Waals surface area (Å²) in [6.07, 6.45) is 1.77. The van der Waals surface area contributed by atoms with Crippen LogP contribution in [-0.4, -0.2) is 24.7 Å². The smallest absolute Gasteiger partial charge is 0.343 e. The van der Waals surface area contributed by atoms with Gasteiger partial charge in [0.15, 0.2) is 11.5 Å². The number of rotatable bonds is 5. The van der Waals surface area contributed by atoms with Crippen molar-refractivity contribution in [2.24, 2.45) is 5.10 Å². The Hall–Kier alpha value is -3.46. The van der Waals surface area contributed by atoms with Crippen LogP contribution in [0.25, 0.3) is 6.08 Å². The minimum absolute atomic E-state index is 0.204. The monoisotopic (exact) mass is 552 g/mol. The zero-order valence-electron chi connectivity index (χ0n) is 18.3. The molecule has 0 spiro atoms. The van der Waals surface area contributed by atoms with E-state index in [-0.39, 0.29) is 5.91 Å². The number of halogens is 1. The molecule has 0 unspecified atom stereocenters. The van der Waals surface area contributed by atoms with E-state index in [2.05, 4.69) is 27.7 Å². The number of nitrogens with zero attached hydrogens (tertiary/aromatic N) is 2. The van der Waals surface area contributed by atoms with Gasteiger partial charge in [-0.2, -0.15) is 10.1 Å². The van der Waals surface area contributed by atoms with Crippen molar-refractivity contribution >= 4 is 51.9 Å². The topological polar surface area (TPSA) is 68.2 Å². The molecule has 1 heterocycles. The Morgan fingerprint density at radius 3 is 2.39 bits per heavy atom. The molecule has 0 fully saturated rings. The summed E-state index contributed by atoms with van der Waals surface area (Å²) < 4.78 is 11.8. The van der Waals surface area contributed by atoms with Gasteiger partial charge >= 0.3 is 5.97 Å². The first-order valence-corrected chi connectivity index (χ1v) is 11.3. The number of benzene rings is 3. The normalized spacial score (nSPS) is 14.4. The summed E-state index contributed by atoms with van der Waals surface area (Å²) in [7, 11) is 1.51. The zero-order chi connectivity index (χ0) is 23.5. The molecule has 0 saturated carbocycles. The quantitative estimate of drug-likeness (QED) is 0.178. The van der Waals surface area contributed by atoms with Crippen LogP contribution in [0, 0.1) is 10.5 Å². The van der Waals surface area contributed by atoms with E-state index in [0.29, 0.717) is 37.6 Å². The van der Waals surface area contributed by atoms with Gasteiger partial charge in [0.1, 0.15) is 0 Å². The third-order valence-corrected chi connectivity index (χ3v) is 5.91. The van der Waals surface area contributed by atoms with Gasteiger partial charge in [-0.1, -0.05) is 35.9 Å². The molecule has 0 N–H and O–H groups in total. The number of hydrazone groups is 1. The number of aryl methyl sites for hydroxylation is 1. The number of carbonyl (C=O) groups excluding carboxylic acids is 2. The maximum atomic E-state index is 13.1. The summed E-state index contributed by atoms with van der Waals surface area (Å²) in [6, 6.07) is 19.9. The SMILES string of the molecule is COc1cc(/C=C2\C(=O)N(c3ccc(C)cc3)N=C2C)cc(I)c1OC(=O)c1ccccc1. The predicted octanol–water partition coefficient (Wildman–Crippen LogP) is 5.63. The lowest BCUT2D eigenvalue weighted by Crippen LogP contribution is -2.21. The second-order valence-electron chi connectivity index (χ2n) is 7.49. The third-order valence-electron chi connectivity index (χ3n) is 5.11. The second-order valence-corrected chi connectivity index (χ2v) is 8.65. The third kappa shape index (κ3) is 4.83. The lowest BCUT2D eigenvalue weighted by Gasteiger charge is -2.13. The van der Waals surface area contributed by atoms with Crippen LogP contribution in [0.4, 0.5) is 5.69 Å². The molecule has 4 rings (SSSR count). The molecule has 0 aliphatic carbocycles. The highest BCUT2D eigenvalue weighted by Gasteiger charge is 2.29. The average molecular weight is 552 g/mol. The maximum absolute atomic E-state index is 13.1. The van der Waals surface area contributed by atoms with Gasteiger partial charge < -0.3 is 9.47 Å². The zero-order valence-corrected chi connectivity index (χ0v) is 20.5. The first kappa shape index (κ1) is 22.7. The summed E-state index contributed by atoms with van der Waals surface area (Å²) >= 11 is 2.09. The Bertz CT molecular complexity index is 1280. The molecule has 0 saturated heterocycles. The Morgan fingerprint density at radius 1 is 1.03 bits per heavy atom. The van der Waals surface area contributed by atoms with Crippen LogP contribution in [-0.2, 0) is 4.79 Å². The highest BCUT2D eigenvalue weighted by molar-refractivity contribution is 14.1. The Morgan fingerprint density at radius 2 is 1.73 bits per heavy atom. The minimum Gasteiger partial charge on any atom is -0.493 e. The molecule has 166 valence electrons. The van der Waals surface area contributed by atoms with Gasteiger partial charge in [0, 0.05) is 0 Å². The van der Waals surface area contributed by atoms with Crippen molar-refractivity contribution in [2.45, 2.75) is 13.8 Å². The molecular weight excluding hydrogens is 531 g/mol. The molecule has 1 amide bonds. The van der Waals surface area contributed by atoms with Crippen molar-refractivity contribution in [2.75, 3.05) is 12.1 Å². The number of amides is 1. The van der Waals surface area contributed by atoms with E-state index in [4.69, 9.17) is 9.47 Å². The largest absolute Gasteiger partial charge is 0.493 e. The Kier molecular flexibility index (Phi) is 6.60. The molecule has 0 bridgehead atoms. The number of hydrogen-bond donors (Lipinski definition) is 0. The van der Waals surface area contributed by atoms with Gasteiger partial charge in [-0.3, -0.25) is 4.79 Å². The highest BCUT2D eigenvalue weighted by Crippen LogP contribution is 2.36. The standard InChI is InChI=1S/C26H21IN2O4/c1-16-9-11-20(12-10-16)29-25(30)21(17(2)28-29)13-18-14-22(27)24(23(15-18)32-3)33-26(31)19-7-5-4-6-8-19/h4-15H,1-3H3/b21-13-. The lowest BCUT2D eigenvalue weighted by molar-refractivity contribution is -0.114. The second kappa shape index (κ2) is 9.58. The number of ether oxygens (including phenoxy) is 2. The van der Waals surface area contributed by atoms with Gasteiger partial charge in [-0.05, 0) is 84.5 Å². The van der Waals surface area contributed by atoms with Crippen molar-refractivity contribution in [3.63, 3.8) is 0 Å². The lowest BCUT2D eigenvalue weighted by atomic mass is 10.1. The van der Waals surface area contributed by atoms with Crippen molar-refractivity contribution < 1.29 is 19.1 Å². The fraction of sp³-hybridized carbons (Fsp3) is 0.115. The molecule has 6 nitrogen and oxygen atoms in total. The fourth-order valence-corrected chi connectivity index (χ4v) is 4.10. The first-order valence-electron chi connectivity index (χ1n) is 10.2. The van der Waals surface area contributed by atoms with Crippen LogP contribution < -0.4 is 14.5 Å². The number of carbonyl (C=O) groups is 2. The molecule has 0 aromatic heterocycles. The van der Waals surface area contributed by atoms with Gasteiger partial charge in [-0.15, -0.1) is 0 Å². The van der Waals surface area contributed by atoms with Crippen LogP contribution in [0.3, 0.4) is 0 Å². The van der Waals surface area contributed by atoms with E-state index >= 15 is 0 Å². The van der Waals surface area contributed by atoms with Gasteiger partial charge in [0.25, 0.3) is 5.91 Å². The van der Waals surface area contributed by atoms with Crippen LogP contribution in [0.5, 0.6) is 11.5 Å². The summed E-state index contributed by atoms with van der Waals surface area (Å²) in [4.78, 5) is 25.6. The van der Waals surface area contributed by atoms with Crippen molar-refractivity contribution in [1.82, 2.24) is 0 Å². The van der Waals surface area contributed by atoms with Crippen LogP contribution in [0.1, 0.15) is 28.4 Å². The van der Waals surface area contributed by atoms with Crippen molar-refractivity contribution in [3.8, 4) is 11.5 Å². The van der Waals surface area contributed by atoms with E-state index in [0.717, 1.165) is 11.1 Å². The maximum Gasteiger partial charge on any atom is 0.343 e. The molecule has 0 radical (unpaired) electrons. The number of methoxy groups -OCH3 is 1. The number of anilines is 1. The number of hydrogen-bond acceptors (Lipinski definition) is 5. The van der Waals surface area contributed by atoms with E-state index in [1.54, 1.807) is 43.3 Å². The molecule has 1 aliphatic heterocycles. The van der Waals surface area contributed by atoms with Crippen LogP contribution in [0.2, 0.25) is 0 Å². The molecule has 7 heteroatoms. The highest BCUT2D eigenvalue weighted by atomic mass is 127. The van der Waals surface area contributed by atoms with E-state index in [1.807, 2.05) is 43.3 Å². The molecule has 3 aromatic rings. The summed E-state index contributed by atoms with van der Waals surface area (Å²) in [6.45, 7) is 3.79. The first-order chi connectivity index (χ1) is 15.9. The van der Waals surface area contributed by atoms with Gasteiger partial charge in [0.05, 0.1) is 33.2 Å². The molecular formula is C26H21IN2O4. The molecule has 0 atom stereocenters. The summed E-state index contributed by atoms with van der Waals surface area (Å²) in [5, 5.41) is 5.83. The van der Waals surface area contributed by atoms with Gasteiger partial charge in [0.2, 0.25) is 0 Å². The fourth-order valence-electron chi connectivity index (χ4n) is 3.36. The molecule has 33 heavy (non-hydrogen) atoms. The van der Waals surface area contributed by atoms with E-state index in [9.17, 15) is 9.59 Å². The Labute approximate surface area is 205 Å². The van der Waals surface area contributed by atoms with E-state index in [1.165, 1.54) is 12.1 Å². The van der Waals surface area contributed by atoms with Gasteiger partial charge in [-0.25, -0.2) is 4.79 Å². The van der Waals surface area contributed by atoms with E-state index < -0.39 is 5.97 Å².